The van der Waals surface area contributed by atoms with E-state index < -0.39 is 24.3 Å². The Kier molecular flexibility index (Phi) is 4.57. The lowest BCUT2D eigenvalue weighted by molar-refractivity contribution is -0.345. The third-order valence-electron chi connectivity index (χ3n) is 4.41. The number of aromatic nitrogens is 3. The van der Waals surface area contributed by atoms with Crippen LogP contribution in [-0.2, 0) is 4.74 Å². The van der Waals surface area contributed by atoms with Gasteiger partial charge in [-0.3, -0.25) is 14.3 Å². The average Bonchev–Trinajstić information content (AvgIpc) is 2.93. The normalized spacial score (nSPS) is 21.0. The lowest BCUT2D eigenvalue weighted by atomic mass is 9.84. The van der Waals surface area contributed by atoms with E-state index in [4.69, 9.17) is 11.5 Å². The Bertz CT molecular complexity index is 856. The summed E-state index contributed by atoms with van der Waals surface area (Å²) in [6.45, 7) is 0. The van der Waals surface area contributed by atoms with Crippen molar-refractivity contribution in [3.8, 4) is 0 Å². The van der Waals surface area contributed by atoms with E-state index in [0.29, 0.717) is 18.5 Å². The van der Waals surface area contributed by atoms with Crippen LogP contribution >= 0.6 is 0 Å². The molecule has 2 amide bonds. The zero-order valence-corrected chi connectivity index (χ0v) is 13.5. The van der Waals surface area contributed by atoms with Crippen LogP contribution in [0.2, 0.25) is 0 Å². The van der Waals surface area contributed by atoms with Crippen molar-refractivity contribution in [2.75, 3.05) is 0 Å². The SMILES string of the molecule is NC(=O)c1c2nccc(C(N)=O)n2nc1[C@H]1CC[C@@H](OC(F)(F)F)CC1. The van der Waals surface area contributed by atoms with E-state index in [2.05, 4.69) is 14.8 Å². The van der Waals surface area contributed by atoms with Gasteiger partial charge in [0.05, 0.1) is 11.8 Å². The average molecular weight is 371 g/mol. The van der Waals surface area contributed by atoms with Gasteiger partial charge in [-0.2, -0.15) is 5.10 Å². The third-order valence-corrected chi connectivity index (χ3v) is 4.41. The lowest BCUT2D eigenvalue weighted by Gasteiger charge is -2.28. The smallest absolute Gasteiger partial charge is 0.365 e. The van der Waals surface area contributed by atoms with E-state index in [9.17, 15) is 22.8 Å². The van der Waals surface area contributed by atoms with Crippen molar-refractivity contribution in [3.63, 3.8) is 0 Å². The Labute approximate surface area is 145 Å². The van der Waals surface area contributed by atoms with Crippen molar-refractivity contribution in [1.82, 2.24) is 14.6 Å². The monoisotopic (exact) mass is 371 g/mol. The minimum absolute atomic E-state index is 0.0258. The molecule has 0 radical (unpaired) electrons. The van der Waals surface area contributed by atoms with Gasteiger partial charge < -0.3 is 11.5 Å². The summed E-state index contributed by atoms with van der Waals surface area (Å²) in [6.07, 6.45) is -3.33. The number of hydrogen-bond donors (Lipinski definition) is 2. The van der Waals surface area contributed by atoms with Crippen LogP contribution in [0.5, 0.6) is 0 Å². The van der Waals surface area contributed by atoms with Crippen molar-refractivity contribution < 1.29 is 27.5 Å². The van der Waals surface area contributed by atoms with Gasteiger partial charge in [0.2, 0.25) is 0 Å². The van der Waals surface area contributed by atoms with Gasteiger partial charge in [-0.25, -0.2) is 9.50 Å². The first-order valence-corrected chi connectivity index (χ1v) is 7.89. The van der Waals surface area contributed by atoms with Gasteiger partial charge in [0.25, 0.3) is 11.8 Å². The third kappa shape index (κ3) is 3.47. The summed E-state index contributed by atoms with van der Waals surface area (Å²) in [5.74, 6) is -1.84. The van der Waals surface area contributed by atoms with Crippen LogP contribution < -0.4 is 11.5 Å². The highest BCUT2D eigenvalue weighted by molar-refractivity contribution is 6.01. The Morgan fingerprint density at radius 3 is 2.35 bits per heavy atom. The van der Waals surface area contributed by atoms with Crippen molar-refractivity contribution in [2.45, 2.75) is 44.1 Å². The second-order valence-electron chi connectivity index (χ2n) is 6.09. The standard InChI is InChI=1S/C15H16F3N5O3/c16-15(17,18)26-8-3-1-7(2-4-8)11-10(13(20)25)14-21-6-5-9(12(19)24)23(14)22-11/h5-8H,1-4H2,(H2,19,24)(H2,20,25)/t7-,8+. The number of carbonyl (C=O) groups is 2. The van der Waals surface area contributed by atoms with Crippen LogP contribution in [0.1, 0.15) is 58.1 Å². The van der Waals surface area contributed by atoms with Crippen LogP contribution in [-0.4, -0.2) is 38.9 Å². The molecule has 0 unspecified atom stereocenters. The second kappa shape index (κ2) is 6.56. The summed E-state index contributed by atoms with van der Waals surface area (Å²) in [6, 6.07) is 1.35. The molecule has 2 aromatic rings. The van der Waals surface area contributed by atoms with Crippen molar-refractivity contribution >= 4 is 17.5 Å². The summed E-state index contributed by atoms with van der Waals surface area (Å²) >= 11 is 0. The fourth-order valence-electron chi connectivity index (χ4n) is 3.31. The van der Waals surface area contributed by atoms with Gasteiger partial charge in [-0.15, -0.1) is 13.2 Å². The van der Waals surface area contributed by atoms with Gasteiger partial charge in [-0.1, -0.05) is 0 Å². The number of hydrogen-bond acceptors (Lipinski definition) is 5. The molecule has 1 saturated carbocycles. The first-order chi connectivity index (χ1) is 12.2. The Hall–Kier alpha value is -2.69. The molecule has 26 heavy (non-hydrogen) atoms. The second-order valence-corrected chi connectivity index (χ2v) is 6.09. The topological polar surface area (TPSA) is 126 Å². The molecule has 0 atom stereocenters. The molecule has 0 saturated heterocycles. The summed E-state index contributed by atoms with van der Waals surface area (Å²) in [5.41, 5.74) is 11.2. The fourth-order valence-corrected chi connectivity index (χ4v) is 3.31. The Morgan fingerprint density at radius 2 is 1.81 bits per heavy atom. The molecule has 0 bridgehead atoms. The van der Waals surface area contributed by atoms with E-state index in [1.54, 1.807) is 0 Å². The fraction of sp³-hybridized carbons (Fsp3) is 0.467. The minimum Gasteiger partial charge on any atom is -0.365 e. The van der Waals surface area contributed by atoms with Crippen molar-refractivity contribution in [3.05, 3.63) is 29.2 Å². The summed E-state index contributed by atoms with van der Waals surface area (Å²) in [4.78, 5) is 27.5. The zero-order valence-electron chi connectivity index (χ0n) is 13.5. The largest absolute Gasteiger partial charge is 0.522 e. The van der Waals surface area contributed by atoms with Crippen LogP contribution in [0.15, 0.2) is 12.3 Å². The first-order valence-electron chi connectivity index (χ1n) is 7.89. The molecule has 1 aliphatic carbocycles. The molecular formula is C15H16F3N5O3. The van der Waals surface area contributed by atoms with Gasteiger partial charge in [0.15, 0.2) is 5.65 Å². The van der Waals surface area contributed by atoms with E-state index in [-0.39, 0.29) is 35.7 Å². The summed E-state index contributed by atoms with van der Waals surface area (Å²) < 4.78 is 42.2. The lowest BCUT2D eigenvalue weighted by Crippen LogP contribution is -2.28. The van der Waals surface area contributed by atoms with Gasteiger partial charge in [0, 0.05) is 12.1 Å². The van der Waals surface area contributed by atoms with Gasteiger partial charge in [0.1, 0.15) is 11.3 Å². The number of carbonyl (C=O) groups excluding carboxylic acids is 2. The number of rotatable bonds is 4. The number of halogens is 3. The number of ether oxygens (including phenoxy) is 1. The van der Waals surface area contributed by atoms with E-state index in [1.807, 2.05) is 0 Å². The molecule has 0 aromatic carbocycles. The van der Waals surface area contributed by atoms with Crippen LogP contribution in [0, 0.1) is 0 Å². The molecule has 2 aromatic heterocycles. The summed E-state index contributed by atoms with van der Waals surface area (Å²) in [7, 11) is 0. The number of amides is 2. The van der Waals surface area contributed by atoms with Crippen LogP contribution in [0.25, 0.3) is 5.65 Å². The van der Waals surface area contributed by atoms with Crippen molar-refractivity contribution in [2.24, 2.45) is 11.5 Å². The molecule has 2 heterocycles. The van der Waals surface area contributed by atoms with Crippen molar-refractivity contribution in [1.29, 1.82) is 0 Å². The highest BCUT2D eigenvalue weighted by atomic mass is 19.4. The number of alkyl halides is 3. The minimum atomic E-state index is -4.68. The molecule has 11 heteroatoms. The quantitative estimate of drug-likeness (QED) is 0.842. The maximum absolute atomic E-state index is 12.3. The first kappa shape index (κ1) is 18.1. The molecule has 140 valence electrons. The molecule has 8 nitrogen and oxygen atoms in total. The zero-order chi connectivity index (χ0) is 19.1. The number of primary amides is 2. The highest BCUT2D eigenvalue weighted by Gasteiger charge is 2.37. The maximum Gasteiger partial charge on any atom is 0.522 e. The predicted octanol–water partition coefficient (Wildman–Crippen LogP) is 1.49. The van der Waals surface area contributed by atoms with E-state index in [0.717, 1.165) is 4.52 Å². The van der Waals surface area contributed by atoms with Gasteiger partial charge in [-0.05, 0) is 31.7 Å². The van der Waals surface area contributed by atoms with Gasteiger partial charge >= 0.3 is 6.36 Å². The molecule has 4 N–H and O–H groups in total. The molecular weight excluding hydrogens is 355 g/mol. The molecule has 0 spiro atoms. The molecule has 1 fully saturated rings. The molecule has 3 rings (SSSR count). The maximum atomic E-state index is 12.3. The summed E-state index contributed by atoms with van der Waals surface area (Å²) in [5, 5.41) is 4.27. The Balaban J connectivity index is 1.93. The number of nitrogens with two attached hydrogens (primary N) is 2. The van der Waals surface area contributed by atoms with E-state index in [1.165, 1.54) is 12.3 Å². The Morgan fingerprint density at radius 1 is 1.15 bits per heavy atom. The molecule has 1 aliphatic rings. The molecule has 0 aliphatic heterocycles. The van der Waals surface area contributed by atoms with Crippen LogP contribution in [0.3, 0.4) is 0 Å². The highest BCUT2D eigenvalue weighted by Crippen LogP contribution is 2.37. The predicted molar refractivity (Wildman–Crippen MR) is 82.2 cm³/mol. The number of nitrogens with zero attached hydrogens (tertiary/aromatic N) is 3. The number of fused-ring (bicyclic) bond motifs is 1. The van der Waals surface area contributed by atoms with E-state index >= 15 is 0 Å². The van der Waals surface area contributed by atoms with Crippen LogP contribution in [0.4, 0.5) is 13.2 Å².